The van der Waals surface area contributed by atoms with Crippen LogP contribution in [0.25, 0.3) is 0 Å². The summed E-state index contributed by atoms with van der Waals surface area (Å²) in [4.78, 5) is 0. The highest BCUT2D eigenvalue weighted by atomic mass is 16.5. The Morgan fingerprint density at radius 1 is 1.45 bits per heavy atom. The highest BCUT2D eigenvalue weighted by Crippen LogP contribution is 1.83. The van der Waals surface area contributed by atoms with Gasteiger partial charge in [0.05, 0.1) is 6.54 Å². The van der Waals surface area contributed by atoms with Crippen molar-refractivity contribution in [3.63, 3.8) is 0 Å². The molecule has 0 saturated heterocycles. The number of hydrogen-bond donors (Lipinski definition) is 1. The fraction of sp³-hybridized carbons (Fsp3) is 0.778. The average Bonchev–Trinajstić information content (AvgIpc) is 2.03. The molecule has 0 aliphatic heterocycles. The zero-order valence-corrected chi connectivity index (χ0v) is 7.23. The minimum absolute atomic E-state index is 0.660. The Morgan fingerprint density at radius 2 is 2.27 bits per heavy atom. The lowest BCUT2D eigenvalue weighted by molar-refractivity contribution is 0.132. The molecule has 0 saturated carbocycles. The van der Waals surface area contributed by atoms with E-state index in [1.165, 1.54) is 0 Å². The minimum atomic E-state index is 0.660. The summed E-state index contributed by atoms with van der Waals surface area (Å²) in [6, 6.07) is 0. The van der Waals surface area contributed by atoms with Crippen LogP contribution >= 0.6 is 0 Å². The van der Waals surface area contributed by atoms with E-state index < -0.39 is 0 Å². The average molecular weight is 155 g/mol. The van der Waals surface area contributed by atoms with Gasteiger partial charge >= 0.3 is 0 Å². The largest absolute Gasteiger partial charge is 0.381 e. The quantitative estimate of drug-likeness (QED) is 0.438. The van der Waals surface area contributed by atoms with Crippen LogP contribution in [0.3, 0.4) is 0 Å². The molecule has 0 aromatic carbocycles. The lowest BCUT2D eigenvalue weighted by Gasteiger charge is -2.01. The molecule has 0 amide bonds. The predicted molar refractivity (Wildman–Crippen MR) is 47.4 cm³/mol. The van der Waals surface area contributed by atoms with E-state index in [1.807, 2.05) is 0 Å². The van der Waals surface area contributed by atoms with Crippen molar-refractivity contribution in [1.29, 1.82) is 0 Å². The summed E-state index contributed by atoms with van der Waals surface area (Å²) in [5, 5.41) is 3.10. The van der Waals surface area contributed by atoms with Gasteiger partial charge in [0.2, 0.25) is 0 Å². The monoisotopic (exact) mass is 155 g/mol. The summed E-state index contributed by atoms with van der Waals surface area (Å²) in [5.74, 6) is 2.52. The first-order valence-corrected chi connectivity index (χ1v) is 4.13. The van der Waals surface area contributed by atoms with Gasteiger partial charge in [-0.1, -0.05) is 12.8 Å². The standard InChI is InChI=1S/C9H17NO/c1-3-6-10-7-5-9-11-8-4-2/h1,10H,4-9H2,2H3. The smallest absolute Gasteiger partial charge is 0.0573 e. The summed E-state index contributed by atoms with van der Waals surface area (Å²) in [5.41, 5.74) is 0. The van der Waals surface area contributed by atoms with E-state index >= 15 is 0 Å². The van der Waals surface area contributed by atoms with Gasteiger partial charge in [-0.25, -0.2) is 0 Å². The van der Waals surface area contributed by atoms with Crippen LogP contribution < -0.4 is 5.32 Å². The second kappa shape index (κ2) is 9.48. The highest BCUT2D eigenvalue weighted by Gasteiger charge is 1.86. The molecule has 1 N–H and O–H groups in total. The maximum atomic E-state index is 5.27. The second-order valence-corrected chi connectivity index (χ2v) is 2.35. The summed E-state index contributed by atoms with van der Waals surface area (Å²) in [7, 11) is 0. The molecule has 0 spiro atoms. The van der Waals surface area contributed by atoms with Crippen LogP contribution in [0.4, 0.5) is 0 Å². The van der Waals surface area contributed by atoms with Crippen LogP contribution in [0.15, 0.2) is 0 Å². The van der Waals surface area contributed by atoms with Gasteiger partial charge in [0.25, 0.3) is 0 Å². The number of ether oxygens (including phenoxy) is 1. The van der Waals surface area contributed by atoms with Gasteiger partial charge in [0.15, 0.2) is 0 Å². The molecule has 0 aliphatic carbocycles. The number of hydrogen-bond acceptors (Lipinski definition) is 2. The van der Waals surface area contributed by atoms with Gasteiger partial charge in [-0.05, 0) is 19.4 Å². The lowest BCUT2D eigenvalue weighted by atomic mass is 10.4. The molecular formula is C9H17NO. The van der Waals surface area contributed by atoms with Crippen LogP contribution in [0, 0.1) is 12.3 Å². The second-order valence-electron chi connectivity index (χ2n) is 2.35. The maximum Gasteiger partial charge on any atom is 0.0573 e. The molecule has 0 aromatic rings. The molecule has 0 atom stereocenters. The molecule has 64 valence electrons. The zero-order chi connectivity index (χ0) is 8.36. The van der Waals surface area contributed by atoms with Crippen molar-refractivity contribution < 1.29 is 4.74 Å². The van der Waals surface area contributed by atoms with E-state index in [0.717, 1.165) is 32.6 Å². The first-order chi connectivity index (χ1) is 5.41. The van der Waals surface area contributed by atoms with Crippen molar-refractivity contribution in [2.24, 2.45) is 0 Å². The van der Waals surface area contributed by atoms with Gasteiger partial charge in [-0.15, -0.1) is 6.42 Å². The van der Waals surface area contributed by atoms with Crippen LogP contribution in [0.2, 0.25) is 0 Å². The Labute approximate surface area is 69.3 Å². The predicted octanol–water partition coefficient (Wildman–Crippen LogP) is 1.03. The first-order valence-electron chi connectivity index (χ1n) is 4.13. The Hall–Kier alpha value is -0.520. The van der Waals surface area contributed by atoms with Gasteiger partial charge in [0.1, 0.15) is 0 Å². The van der Waals surface area contributed by atoms with Crippen molar-refractivity contribution in [3.8, 4) is 12.3 Å². The molecule has 0 heterocycles. The van der Waals surface area contributed by atoms with Gasteiger partial charge < -0.3 is 10.1 Å². The molecule has 0 rings (SSSR count). The molecule has 0 aliphatic rings. The fourth-order valence-electron chi connectivity index (χ4n) is 0.706. The molecular weight excluding hydrogens is 138 g/mol. The number of nitrogens with one attached hydrogen (secondary N) is 1. The topological polar surface area (TPSA) is 21.3 Å². The molecule has 0 radical (unpaired) electrons. The first kappa shape index (κ1) is 10.5. The van der Waals surface area contributed by atoms with E-state index in [2.05, 4.69) is 18.2 Å². The van der Waals surface area contributed by atoms with Gasteiger partial charge in [-0.2, -0.15) is 0 Å². The lowest BCUT2D eigenvalue weighted by Crippen LogP contribution is -2.16. The third-order valence-corrected chi connectivity index (χ3v) is 1.22. The molecule has 0 fully saturated rings. The van der Waals surface area contributed by atoms with E-state index in [4.69, 9.17) is 11.2 Å². The summed E-state index contributed by atoms with van der Waals surface area (Å²) in [6.07, 6.45) is 7.19. The summed E-state index contributed by atoms with van der Waals surface area (Å²) < 4.78 is 5.27. The molecule has 0 bridgehead atoms. The van der Waals surface area contributed by atoms with Crippen LogP contribution in [0.5, 0.6) is 0 Å². The van der Waals surface area contributed by atoms with E-state index in [-0.39, 0.29) is 0 Å². The van der Waals surface area contributed by atoms with Crippen molar-refractivity contribution in [3.05, 3.63) is 0 Å². The van der Waals surface area contributed by atoms with Crippen LogP contribution in [0.1, 0.15) is 19.8 Å². The molecule has 0 aromatic heterocycles. The number of terminal acetylenes is 1. The van der Waals surface area contributed by atoms with E-state index in [1.54, 1.807) is 0 Å². The Bertz CT molecular complexity index is 107. The number of rotatable bonds is 7. The zero-order valence-electron chi connectivity index (χ0n) is 7.23. The van der Waals surface area contributed by atoms with Crippen molar-refractivity contribution in [2.45, 2.75) is 19.8 Å². The van der Waals surface area contributed by atoms with Crippen LogP contribution in [-0.2, 0) is 4.74 Å². The van der Waals surface area contributed by atoms with Gasteiger partial charge in [-0.3, -0.25) is 0 Å². The fourth-order valence-corrected chi connectivity index (χ4v) is 0.706. The van der Waals surface area contributed by atoms with Crippen molar-refractivity contribution in [1.82, 2.24) is 5.32 Å². The molecule has 2 nitrogen and oxygen atoms in total. The normalized spacial score (nSPS) is 9.45. The van der Waals surface area contributed by atoms with Crippen LogP contribution in [-0.4, -0.2) is 26.3 Å². The van der Waals surface area contributed by atoms with Gasteiger partial charge in [0, 0.05) is 13.2 Å². The highest BCUT2D eigenvalue weighted by molar-refractivity contribution is 4.86. The van der Waals surface area contributed by atoms with E-state index in [0.29, 0.717) is 6.54 Å². The summed E-state index contributed by atoms with van der Waals surface area (Å²) in [6.45, 7) is 5.43. The minimum Gasteiger partial charge on any atom is -0.381 e. The maximum absolute atomic E-state index is 5.27. The molecule has 11 heavy (non-hydrogen) atoms. The molecule has 0 unspecified atom stereocenters. The van der Waals surface area contributed by atoms with E-state index in [9.17, 15) is 0 Å². The third-order valence-electron chi connectivity index (χ3n) is 1.22. The molecule has 2 heteroatoms. The summed E-state index contributed by atoms with van der Waals surface area (Å²) >= 11 is 0. The SMILES string of the molecule is C#CCNCCCOCCC. The Kier molecular flexibility index (Phi) is 9.03. The van der Waals surface area contributed by atoms with Crippen molar-refractivity contribution >= 4 is 0 Å². The Morgan fingerprint density at radius 3 is 2.91 bits per heavy atom. The Balaban J connectivity index is 2.75. The van der Waals surface area contributed by atoms with Crippen molar-refractivity contribution in [2.75, 3.05) is 26.3 Å². The third kappa shape index (κ3) is 9.48.